The summed E-state index contributed by atoms with van der Waals surface area (Å²) in [7, 11) is 4.44. The van der Waals surface area contributed by atoms with Gasteiger partial charge in [-0.25, -0.2) is 9.78 Å². The predicted octanol–water partition coefficient (Wildman–Crippen LogP) is 1.69. The summed E-state index contributed by atoms with van der Waals surface area (Å²) in [5.74, 6) is 0.508. The Morgan fingerprint density at radius 1 is 1.17 bits per heavy atom. The number of allylic oxidation sites excluding steroid dienone is 1. The van der Waals surface area contributed by atoms with Crippen LogP contribution < -0.4 is 26.0 Å². The number of methoxy groups -OCH3 is 1. The second-order valence-corrected chi connectivity index (χ2v) is 6.55. The van der Waals surface area contributed by atoms with E-state index in [0.29, 0.717) is 17.2 Å². The summed E-state index contributed by atoms with van der Waals surface area (Å²) in [4.78, 5) is 40.8. The molecule has 2 aromatic heterocycles. The fraction of sp³-hybridized carbons (Fsp3) is 0.238. The average molecular weight is 410 g/mol. The van der Waals surface area contributed by atoms with Gasteiger partial charge in [0.05, 0.1) is 24.4 Å². The van der Waals surface area contributed by atoms with Crippen molar-refractivity contribution in [3.63, 3.8) is 0 Å². The maximum Gasteiger partial charge on any atom is 0.332 e. The molecule has 0 radical (unpaired) electrons. The van der Waals surface area contributed by atoms with Gasteiger partial charge >= 0.3 is 5.69 Å². The Morgan fingerprint density at radius 3 is 2.63 bits per heavy atom. The summed E-state index contributed by atoms with van der Waals surface area (Å²) < 4.78 is 13.1. The SMILES string of the molecule is C/C=C/c1ccc(OCC(=O)Nc2cnc3c(c2)c(=O)n(C)c(=O)n3C)c(OC)c1. The number of hydrogen-bond acceptors (Lipinski definition) is 6. The molecule has 156 valence electrons. The summed E-state index contributed by atoms with van der Waals surface area (Å²) >= 11 is 0. The van der Waals surface area contributed by atoms with Gasteiger partial charge in [0.25, 0.3) is 11.5 Å². The molecule has 1 amide bonds. The first kappa shape index (κ1) is 20.8. The van der Waals surface area contributed by atoms with Gasteiger partial charge in [-0.2, -0.15) is 0 Å². The van der Waals surface area contributed by atoms with E-state index in [1.54, 1.807) is 12.1 Å². The first-order chi connectivity index (χ1) is 14.3. The number of anilines is 1. The van der Waals surface area contributed by atoms with Gasteiger partial charge in [-0.1, -0.05) is 18.2 Å². The number of carbonyl (C=O) groups is 1. The smallest absolute Gasteiger partial charge is 0.332 e. The molecule has 1 aromatic carbocycles. The van der Waals surface area contributed by atoms with Gasteiger partial charge in [0.15, 0.2) is 18.1 Å². The molecule has 3 aromatic rings. The Bertz CT molecular complexity index is 1260. The highest BCUT2D eigenvalue weighted by molar-refractivity contribution is 5.93. The number of nitrogens with zero attached hydrogens (tertiary/aromatic N) is 3. The van der Waals surface area contributed by atoms with Gasteiger partial charge in [0.1, 0.15) is 5.65 Å². The van der Waals surface area contributed by atoms with E-state index in [2.05, 4.69) is 10.3 Å². The first-order valence-corrected chi connectivity index (χ1v) is 9.15. The molecule has 0 fully saturated rings. The molecule has 0 aliphatic heterocycles. The van der Waals surface area contributed by atoms with E-state index >= 15 is 0 Å². The van der Waals surface area contributed by atoms with Crippen molar-refractivity contribution < 1.29 is 14.3 Å². The maximum absolute atomic E-state index is 12.3. The van der Waals surface area contributed by atoms with Gasteiger partial charge in [-0.3, -0.25) is 18.7 Å². The molecule has 9 heteroatoms. The molecule has 9 nitrogen and oxygen atoms in total. The predicted molar refractivity (Wildman–Crippen MR) is 114 cm³/mol. The molecule has 1 N–H and O–H groups in total. The van der Waals surface area contributed by atoms with Crippen molar-refractivity contribution in [2.45, 2.75) is 6.92 Å². The van der Waals surface area contributed by atoms with E-state index < -0.39 is 17.2 Å². The van der Waals surface area contributed by atoms with Crippen LogP contribution in [0.5, 0.6) is 11.5 Å². The van der Waals surface area contributed by atoms with Crippen molar-refractivity contribution in [3.8, 4) is 11.5 Å². The van der Waals surface area contributed by atoms with Crippen LogP contribution in [0.1, 0.15) is 12.5 Å². The van der Waals surface area contributed by atoms with Gasteiger partial charge in [0.2, 0.25) is 0 Å². The van der Waals surface area contributed by atoms with E-state index in [4.69, 9.17) is 9.47 Å². The number of amides is 1. The molecule has 0 aliphatic rings. The third-order valence-corrected chi connectivity index (χ3v) is 4.48. The highest BCUT2D eigenvalue weighted by atomic mass is 16.5. The molecule has 3 rings (SSSR count). The van der Waals surface area contributed by atoms with E-state index in [1.807, 2.05) is 25.1 Å². The molecule has 0 bridgehead atoms. The lowest BCUT2D eigenvalue weighted by molar-refractivity contribution is -0.118. The van der Waals surface area contributed by atoms with Crippen LogP contribution in [-0.2, 0) is 18.9 Å². The Morgan fingerprint density at radius 2 is 1.93 bits per heavy atom. The van der Waals surface area contributed by atoms with Gasteiger partial charge in [-0.15, -0.1) is 0 Å². The molecule has 0 saturated carbocycles. The van der Waals surface area contributed by atoms with Crippen LogP contribution in [-0.4, -0.2) is 33.7 Å². The molecule has 2 heterocycles. The molecule has 0 unspecified atom stereocenters. The zero-order chi connectivity index (χ0) is 21.8. The summed E-state index contributed by atoms with van der Waals surface area (Å²) in [6.07, 6.45) is 5.21. The number of aryl methyl sites for hydroxylation is 1. The molecule has 0 atom stereocenters. The summed E-state index contributed by atoms with van der Waals surface area (Å²) in [5.41, 5.74) is 0.549. The molecular weight excluding hydrogens is 388 g/mol. The number of nitrogens with one attached hydrogen (secondary N) is 1. The third kappa shape index (κ3) is 4.09. The van der Waals surface area contributed by atoms with Crippen molar-refractivity contribution in [2.75, 3.05) is 19.0 Å². The summed E-state index contributed by atoms with van der Waals surface area (Å²) in [5, 5.41) is 2.86. The lowest BCUT2D eigenvalue weighted by Gasteiger charge is -2.12. The lowest BCUT2D eigenvalue weighted by atomic mass is 10.2. The standard InChI is InChI=1S/C21H22N4O5/c1-5-6-13-7-8-16(17(9-13)29-4)30-12-18(26)23-14-10-15-19(22-11-14)24(2)21(28)25(3)20(15)27/h5-11H,12H2,1-4H3,(H,23,26)/b6-5+. The number of pyridine rings is 1. The number of rotatable bonds is 6. The quantitative estimate of drug-likeness (QED) is 0.663. The minimum absolute atomic E-state index is 0.222. The van der Waals surface area contributed by atoms with Crippen LogP contribution in [0.15, 0.2) is 46.1 Å². The monoisotopic (exact) mass is 410 g/mol. The number of aromatic nitrogens is 3. The van der Waals surface area contributed by atoms with Crippen LogP contribution in [0.25, 0.3) is 17.1 Å². The van der Waals surface area contributed by atoms with E-state index in [9.17, 15) is 14.4 Å². The zero-order valence-corrected chi connectivity index (χ0v) is 17.1. The average Bonchev–Trinajstić information content (AvgIpc) is 2.75. The second-order valence-electron chi connectivity index (χ2n) is 6.55. The van der Waals surface area contributed by atoms with Crippen LogP contribution in [0, 0.1) is 0 Å². The number of hydrogen-bond donors (Lipinski definition) is 1. The minimum atomic E-state index is -0.487. The van der Waals surface area contributed by atoms with Crippen LogP contribution >= 0.6 is 0 Å². The van der Waals surface area contributed by atoms with Crippen molar-refractivity contribution >= 4 is 28.7 Å². The van der Waals surface area contributed by atoms with Crippen LogP contribution in [0.2, 0.25) is 0 Å². The molecule has 0 aliphatic carbocycles. The number of ether oxygens (including phenoxy) is 2. The van der Waals surface area contributed by atoms with Crippen molar-refractivity contribution in [3.05, 3.63) is 62.9 Å². The highest BCUT2D eigenvalue weighted by Gasteiger charge is 2.12. The molecule has 30 heavy (non-hydrogen) atoms. The molecule has 0 saturated heterocycles. The topological polar surface area (TPSA) is 104 Å². The third-order valence-electron chi connectivity index (χ3n) is 4.48. The Kier molecular flexibility index (Phi) is 6.01. The van der Waals surface area contributed by atoms with Gasteiger partial charge < -0.3 is 14.8 Å². The molecular formula is C21H22N4O5. The van der Waals surface area contributed by atoms with E-state index in [0.717, 1.165) is 10.1 Å². The summed E-state index contributed by atoms with van der Waals surface area (Å²) in [6.45, 7) is 1.65. The van der Waals surface area contributed by atoms with Crippen molar-refractivity contribution in [1.82, 2.24) is 14.1 Å². The van der Waals surface area contributed by atoms with E-state index in [1.165, 1.54) is 38.0 Å². The normalized spacial score (nSPS) is 11.1. The summed E-state index contributed by atoms with van der Waals surface area (Å²) in [6, 6.07) is 6.86. The Hall–Kier alpha value is -3.88. The van der Waals surface area contributed by atoms with E-state index in [-0.39, 0.29) is 17.6 Å². The number of carbonyl (C=O) groups excluding carboxylic acids is 1. The maximum atomic E-state index is 12.3. The zero-order valence-electron chi connectivity index (χ0n) is 17.1. The second kappa shape index (κ2) is 8.64. The van der Waals surface area contributed by atoms with Crippen LogP contribution in [0.4, 0.5) is 5.69 Å². The molecule has 0 spiro atoms. The Labute approximate surface area is 172 Å². The number of fused-ring (bicyclic) bond motifs is 1. The number of benzene rings is 1. The van der Waals surface area contributed by atoms with Crippen molar-refractivity contribution in [1.29, 1.82) is 0 Å². The first-order valence-electron chi connectivity index (χ1n) is 9.15. The fourth-order valence-corrected chi connectivity index (χ4v) is 2.97. The minimum Gasteiger partial charge on any atom is -0.493 e. The lowest BCUT2D eigenvalue weighted by Crippen LogP contribution is -2.37. The Balaban J connectivity index is 1.76. The fourth-order valence-electron chi connectivity index (χ4n) is 2.97. The highest BCUT2D eigenvalue weighted by Crippen LogP contribution is 2.28. The largest absolute Gasteiger partial charge is 0.493 e. The van der Waals surface area contributed by atoms with Gasteiger partial charge in [0, 0.05) is 14.1 Å². The van der Waals surface area contributed by atoms with Crippen molar-refractivity contribution in [2.24, 2.45) is 14.1 Å². The van der Waals surface area contributed by atoms with Gasteiger partial charge in [-0.05, 0) is 30.7 Å². The van der Waals surface area contributed by atoms with Crippen LogP contribution in [0.3, 0.4) is 0 Å².